The van der Waals surface area contributed by atoms with Crippen molar-refractivity contribution in [1.82, 2.24) is 4.98 Å². The van der Waals surface area contributed by atoms with Gasteiger partial charge in [-0.25, -0.2) is 4.98 Å². The predicted octanol–water partition coefficient (Wildman–Crippen LogP) is 4.84. The van der Waals surface area contributed by atoms with Crippen molar-refractivity contribution >= 4 is 45.5 Å². The lowest BCUT2D eigenvalue weighted by atomic mass is 9.82. The van der Waals surface area contributed by atoms with E-state index in [0.29, 0.717) is 39.0 Å². The van der Waals surface area contributed by atoms with Gasteiger partial charge >= 0.3 is 0 Å². The number of alkyl halides is 1. The molecule has 1 aromatic heterocycles. The van der Waals surface area contributed by atoms with E-state index in [0.717, 1.165) is 0 Å². The molecule has 5 nitrogen and oxygen atoms in total. The van der Waals surface area contributed by atoms with Crippen molar-refractivity contribution in [1.29, 1.82) is 5.41 Å². The normalized spacial score (nSPS) is 17.8. The van der Waals surface area contributed by atoms with Crippen molar-refractivity contribution in [2.45, 2.75) is 11.8 Å². The topological polar surface area (TPSA) is 94.3 Å². The maximum atomic E-state index is 12.4. The average Bonchev–Trinajstić information content (AvgIpc) is 2.68. The van der Waals surface area contributed by atoms with Crippen LogP contribution in [0.25, 0.3) is 22.0 Å². The molecule has 0 saturated heterocycles. The molecule has 3 aromatic rings. The van der Waals surface area contributed by atoms with Crippen molar-refractivity contribution < 1.29 is 15.0 Å². The predicted molar refractivity (Wildman–Crippen MR) is 108 cm³/mol. The lowest BCUT2D eigenvalue weighted by Gasteiger charge is -2.28. The quantitative estimate of drug-likeness (QED) is 0.365. The Morgan fingerprint density at radius 3 is 2.39 bits per heavy atom. The summed E-state index contributed by atoms with van der Waals surface area (Å²) in [7, 11) is 0. The molecule has 3 N–H and O–H groups in total. The van der Waals surface area contributed by atoms with E-state index in [1.54, 1.807) is 30.3 Å². The number of allylic oxidation sites excluding steroid dienone is 2. The number of hydrogen-bond acceptors (Lipinski definition) is 5. The van der Waals surface area contributed by atoms with Crippen LogP contribution < -0.4 is 0 Å². The lowest BCUT2D eigenvalue weighted by Crippen LogP contribution is -2.20. The van der Waals surface area contributed by atoms with Crippen LogP contribution in [0.1, 0.15) is 32.6 Å². The van der Waals surface area contributed by atoms with Gasteiger partial charge in [0.2, 0.25) is 5.78 Å². The van der Waals surface area contributed by atoms with Crippen LogP contribution >= 0.6 is 23.2 Å². The molecule has 2 aliphatic rings. The number of pyridine rings is 1. The third-order valence-corrected chi connectivity index (χ3v) is 5.90. The van der Waals surface area contributed by atoms with Crippen molar-refractivity contribution in [3.63, 3.8) is 0 Å². The molecule has 1 unspecified atom stereocenters. The number of nitrogens with zero attached hydrogens (tertiary/aromatic N) is 1. The van der Waals surface area contributed by atoms with Crippen LogP contribution in [0.5, 0.6) is 11.5 Å². The number of rotatable bonds is 0. The van der Waals surface area contributed by atoms with Crippen LogP contribution in [-0.4, -0.2) is 26.7 Å². The smallest absolute Gasteiger partial charge is 0.205 e. The highest BCUT2D eigenvalue weighted by atomic mass is 35.5. The molecule has 0 fully saturated rings. The number of phenols is 2. The summed E-state index contributed by atoms with van der Waals surface area (Å²) in [5.41, 5.74) is 1.97. The first kappa shape index (κ1) is 17.2. The zero-order chi connectivity index (χ0) is 19.7. The zero-order valence-electron chi connectivity index (χ0n) is 14.3. The van der Waals surface area contributed by atoms with Gasteiger partial charge in [0.1, 0.15) is 22.6 Å². The molecule has 1 heterocycles. The summed E-state index contributed by atoms with van der Waals surface area (Å²) in [5, 5.41) is 30.7. The van der Waals surface area contributed by atoms with E-state index >= 15 is 0 Å². The Bertz CT molecular complexity index is 1280. The Morgan fingerprint density at radius 2 is 1.71 bits per heavy atom. The number of carbonyl (C=O) groups excluding carboxylic acids is 1. The third-order valence-electron chi connectivity index (χ3n) is 5.20. The fraction of sp³-hybridized carbons (Fsp3) is 0.0952. The Balaban J connectivity index is 1.91. The molecule has 0 bridgehead atoms. The first-order valence-corrected chi connectivity index (χ1v) is 9.34. The van der Waals surface area contributed by atoms with Gasteiger partial charge < -0.3 is 15.6 Å². The lowest BCUT2D eigenvalue weighted by molar-refractivity contribution is 0.103. The number of halogens is 2. The summed E-state index contributed by atoms with van der Waals surface area (Å²) in [6.45, 7) is 0. The molecular formula is C21H12Cl2N2O3. The van der Waals surface area contributed by atoms with Gasteiger partial charge in [-0.15, -0.1) is 11.6 Å². The van der Waals surface area contributed by atoms with E-state index in [-0.39, 0.29) is 39.8 Å². The van der Waals surface area contributed by atoms with Gasteiger partial charge in [0.25, 0.3) is 0 Å². The van der Waals surface area contributed by atoms with Gasteiger partial charge in [-0.05, 0) is 11.6 Å². The summed E-state index contributed by atoms with van der Waals surface area (Å²) >= 11 is 12.6. The Hall–Kier alpha value is -2.89. The number of carbonyl (C=O) groups is 1. The minimum absolute atomic E-state index is 0.0340. The largest absolute Gasteiger partial charge is 0.507 e. The first-order valence-electron chi connectivity index (χ1n) is 8.52. The monoisotopic (exact) mass is 410 g/mol. The second-order valence-corrected chi connectivity index (χ2v) is 7.76. The zero-order valence-corrected chi connectivity index (χ0v) is 15.8. The number of phenolic OH excluding ortho intramolecular Hbond substituents is 2. The van der Waals surface area contributed by atoms with Crippen molar-refractivity contribution in [2.24, 2.45) is 0 Å². The molecule has 1 atom stereocenters. The Morgan fingerprint density at radius 1 is 1.07 bits per heavy atom. The average molecular weight is 411 g/mol. The van der Waals surface area contributed by atoms with Crippen molar-refractivity contribution in [3.8, 4) is 22.8 Å². The molecule has 138 valence electrons. The van der Waals surface area contributed by atoms with Crippen LogP contribution in [-0.2, 0) is 6.42 Å². The fourth-order valence-corrected chi connectivity index (χ4v) is 4.45. The molecule has 0 saturated carbocycles. The molecule has 2 aromatic carbocycles. The van der Waals surface area contributed by atoms with E-state index in [9.17, 15) is 15.0 Å². The summed E-state index contributed by atoms with van der Waals surface area (Å²) in [4.78, 5) is 16.9. The molecule has 28 heavy (non-hydrogen) atoms. The maximum Gasteiger partial charge on any atom is 0.205 e. The molecule has 2 aliphatic carbocycles. The number of fused-ring (bicyclic) bond motifs is 5. The van der Waals surface area contributed by atoms with Crippen LogP contribution in [0.3, 0.4) is 0 Å². The molecule has 7 heteroatoms. The standard InChI is InChI=1S/C21H12Cl2N2O3/c22-9-5-8-6-12-16(23)17(24)14-15(19(12)25-18(8)13(26)7-9)21(28)11-4-2-1-3-10(11)20(14)27/h1-4,6-7,16,24,27-28H,5H2. The number of hydrogen-bond donors (Lipinski definition) is 3. The summed E-state index contributed by atoms with van der Waals surface area (Å²) < 4.78 is 0. The van der Waals surface area contributed by atoms with Gasteiger partial charge in [-0.1, -0.05) is 35.9 Å². The number of benzene rings is 2. The highest BCUT2D eigenvalue weighted by molar-refractivity contribution is 6.38. The minimum atomic E-state index is -0.883. The highest BCUT2D eigenvalue weighted by Crippen LogP contribution is 2.51. The highest BCUT2D eigenvalue weighted by Gasteiger charge is 2.36. The second kappa shape index (κ2) is 5.80. The SMILES string of the molecule is N=C1c2c(c(O)c3ccccc3c2O)-c2nc3c(cc2C1Cl)CC(Cl)=CC3=O. The minimum Gasteiger partial charge on any atom is -0.507 e. The van der Waals surface area contributed by atoms with Crippen LogP contribution in [0, 0.1) is 5.41 Å². The van der Waals surface area contributed by atoms with Crippen molar-refractivity contribution in [2.75, 3.05) is 0 Å². The number of aromatic nitrogens is 1. The van der Waals surface area contributed by atoms with Crippen molar-refractivity contribution in [3.05, 3.63) is 63.8 Å². The van der Waals surface area contributed by atoms with Gasteiger partial charge in [0, 0.05) is 33.9 Å². The Labute approximate surface area is 169 Å². The third kappa shape index (κ3) is 2.17. The van der Waals surface area contributed by atoms with Gasteiger partial charge in [-0.2, -0.15) is 0 Å². The van der Waals surface area contributed by atoms with Gasteiger partial charge in [0.05, 0.1) is 22.5 Å². The van der Waals surface area contributed by atoms with E-state index in [2.05, 4.69) is 4.98 Å². The number of aromatic hydroxyl groups is 2. The summed E-state index contributed by atoms with van der Waals surface area (Å²) in [6, 6.07) is 8.52. The first-order chi connectivity index (χ1) is 13.4. The fourth-order valence-electron chi connectivity index (χ4n) is 3.93. The maximum absolute atomic E-state index is 12.4. The van der Waals surface area contributed by atoms with Crippen LogP contribution in [0.4, 0.5) is 0 Å². The number of nitrogens with one attached hydrogen (secondary N) is 1. The van der Waals surface area contributed by atoms with Crippen LogP contribution in [0.2, 0.25) is 0 Å². The van der Waals surface area contributed by atoms with E-state index in [1.807, 2.05) is 0 Å². The van der Waals surface area contributed by atoms with E-state index in [4.69, 9.17) is 28.6 Å². The molecule has 5 rings (SSSR count). The second-order valence-electron chi connectivity index (χ2n) is 6.84. The van der Waals surface area contributed by atoms with Crippen LogP contribution in [0.15, 0.2) is 41.4 Å². The molecule has 0 spiro atoms. The summed E-state index contributed by atoms with van der Waals surface area (Å²) in [6.07, 6.45) is 1.67. The van der Waals surface area contributed by atoms with E-state index in [1.165, 1.54) is 6.08 Å². The van der Waals surface area contributed by atoms with E-state index < -0.39 is 5.38 Å². The molecular weight excluding hydrogens is 399 g/mol. The van der Waals surface area contributed by atoms with Gasteiger partial charge in [-0.3, -0.25) is 4.79 Å². The Kier molecular flexibility index (Phi) is 3.57. The van der Waals surface area contributed by atoms with Gasteiger partial charge in [0.15, 0.2) is 0 Å². The molecule has 0 amide bonds. The number of ketones is 1. The molecule has 0 radical (unpaired) electrons. The summed E-state index contributed by atoms with van der Waals surface area (Å²) in [5.74, 6) is -0.576. The molecule has 0 aliphatic heterocycles.